The molecule has 1 aromatic heterocycles. The maximum Gasteiger partial charge on any atom is 0.335 e. The average Bonchev–Trinajstić information content (AvgIpc) is 2.38. The van der Waals surface area contributed by atoms with Crippen LogP contribution < -0.4 is 4.72 Å². The molecule has 0 aliphatic heterocycles. The first-order chi connectivity index (χ1) is 9.79. The summed E-state index contributed by atoms with van der Waals surface area (Å²) in [6.07, 6.45) is 1.30. The van der Waals surface area contributed by atoms with Gasteiger partial charge in [0.25, 0.3) is 10.0 Å². The highest BCUT2D eigenvalue weighted by atomic mass is 35.5. The van der Waals surface area contributed by atoms with Gasteiger partial charge in [-0.15, -0.1) is 0 Å². The molecule has 2 N–H and O–H groups in total. The van der Waals surface area contributed by atoms with Crippen LogP contribution in [0.5, 0.6) is 0 Å². The van der Waals surface area contributed by atoms with E-state index in [1.54, 1.807) is 6.92 Å². The number of sulfonamides is 1. The molecule has 9 heteroatoms. The number of nitrogens with one attached hydrogen (secondary N) is 1. The van der Waals surface area contributed by atoms with Gasteiger partial charge in [-0.1, -0.05) is 6.07 Å². The van der Waals surface area contributed by atoms with Crippen molar-refractivity contribution in [2.75, 3.05) is 4.72 Å². The Morgan fingerprint density at radius 2 is 2.05 bits per heavy atom. The summed E-state index contributed by atoms with van der Waals surface area (Å²) in [4.78, 5) is 18.2. The van der Waals surface area contributed by atoms with Crippen molar-refractivity contribution in [2.24, 2.45) is 0 Å². The lowest BCUT2D eigenvalue weighted by Crippen LogP contribution is -2.15. The summed E-state index contributed by atoms with van der Waals surface area (Å²) in [6.45, 7) is 1.58. The quantitative estimate of drug-likeness (QED) is 0.830. The minimum absolute atomic E-state index is 0.00699. The molecule has 0 atom stereocenters. The highest BCUT2D eigenvalue weighted by molar-refractivity contribution is 7.92. The molecule has 0 saturated carbocycles. The molecular weight excluding hydrogens is 318 g/mol. The molecule has 21 heavy (non-hydrogen) atoms. The van der Waals surface area contributed by atoms with E-state index in [9.17, 15) is 13.2 Å². The first-order valence-electron chi connectivity index (χ1n) is 5.65. The van der Waals surface area contributed by atoms with Crippen molar-refractivity contribution < 1.29 is 18.3 Å². The topological polar surface area (TPSA) is 109 Å². The number of carboxylic acid groups (broad SMARTS) is 1. The van der Waals surface area contributed by atoms with Crippen molar-refractivity contribution in [3.63, 3.8) is 0 Å². The molecule has 0 radical (unpaired) electrons. The predicted octanol–water partition coefficient (Wildman–Crippen LogP) is 1.94. The van der Waals surface area contributed by atoms with Crippen LogP contribution in [0.25, 0.3) is 0 Å². The lowest BCUT2D eigenvalue weighted by atomic mass is 10.1. The lowest BCUT2D eigenvalue weighted by molar-refractivity contribution is 0.0696. The molecule has 0 spiro atoms. The summed E-state index contributed by atoms with van der Waals surface area (Å²) in [7, 11) is -3.97. The number of aromatic carboxylic acids is 1. The molecule has 0 aliphatic rings. The van der Waals surface area contributed by atoms with Gasteiger partial charge in [-0.05, 0) is 42.3 Å². The van der Waals surface area contributed by atoms with E-state index in [4.69, 9.17) is 16.7 Å². The summed E-state index contributed by atoms with van der Waals surface area (Å²) in [5.41, 5.74) is 0.380. The number of carbonyl (C=O) groups is 1. The SMILES string of the molecule is Cc1ccc(S(=O)(=O)Nc2ccnc(Cl)n2)cc1C(=O)O. The molecule has 110 valence electrons. The Morgan fingerprint density at radius 1 is 1.33 bits per heavy atom. The fraction of sp³-hybridized carbons (Fsp3) is 0.0833. The zero-order valence-electron chi connectivity index (χ0n) is 10.7. The van der Waals surface area contributed by atoms with Gasteiger partial charge in [-0.2, -0.15) is 4.98 Å². The van der Waals surface area contributed by atoms with Crippen molar-refractivity contribution in [3.05, 3.63) is 46.9 Å². The second-order valence-corrected chi connectivity index (χ2v) is 6.12. The number of benzene rings is 1. The second kappa shape index (κ2) is 5.66. The van der Waals surface area contributed by atoms with Crippen LogP contribution in [0.1, 0.15) is 15.9 Å². The standard InChI is InChI=1S/C12H10ClN3O4S/c1-7-2-3-8(6-9(7)11(17)18)21(19,20)16-10-4-5-14-12(13)15-10/h2-6H,1H3,(H,17,18)(H,14,15,16). The molecule has 0 saturated heterocycles. The smallest absolute Gasteiger partial charge is 0.335 e. The first kappa shape index (κ1) is 15.2. The molecule has 0 aliphatic carbocycles. The number of hydrogen-bond acceptors (Lipinski definition) is 5. The van der Waals surface area contributed by atoms with Gasteiger partial charge in [0.1, 0.15) is 5.82 Å². The number of nitrogens with zero attached hydrogens (tertiary/aromatic N) is 2. The van der Waals surface area contributed by atoms with E-state index in [1.165, 1.54) is 24.4 Å². The summed E-state index contributed by atoms with van der Waals surface area (Å²) in [5, 5.41) is 8.92. The van der Waals surface area contributed by atoms with Crippen molar-refractivity contribution >= 4 is 33.4 Å². The van der Waals surface area contributed by atoms with Gasteiger partial charge in [0, 0.05) is 6.20 Å². The molecule has 1 aromatic carbocycles. The Kier molecular flexibility index (Phi) is 4.10. The Bertz CT molecular complexity index is 808. The highest BCUT2D eigenvalue weighted by Gasteiger charge is 2.18. The average molecular weight is 328 g/mol. The van der Waals surface area contributed by atoms with E-state index in [0.717, 1.165) is 6.07 Å². The molecule has 0 unspecified atom stereocenters. The van der Waals surface area contributed by atoms with Gasteiger partial charge >= 0.3 is 5.97 Å². The van der Waals surface area contributed by atoms with Crippen LogP contribution in [0.4, 0.5) is 5.82 Å². The van der Waals surface area contributed by atoms with E-state index in [0.29, 0.717) is 5.56 Å². The van der Waals surface area contributed by atoms with E-state index in [-0.39, 0.29) is 21.6 Å². The molecule has 0 amide bonds. The third kappa shape index (κ3) is 3.47. The molecule has 7 nitrogen and oxygen atoms in total. The zero-order valence-corrected chi connectivity index (χ0v) is 12.3. The molecule has 2 aromatic rings. The second-order valence-electron chi connectivity index (χ2n) is 4.10. The largest absolute Gasteiger partial charge is 0.478 e. The van der Waals surface area contributed by atoms with Crippen LogP contribution in [-0.2, 0) is 10.0 Å². The number of aromatic nitrogens is 2. The zero-order chi connectivity index (χ0) is 15.6. The summed E-state index contributed by atoms with van der Waals surface area (Å²) in [5.74, 6) is -1.21. The first-order valence-corrected chi connectivity index (χ1v) is 7.51. The van der Waals surface area contributed by atoms with Gasteiger partial charge < -0.3 is 5.11 Å². The minimum atomic E-state index is -3.97. The van der Waals surface area contributed by atoms with Gasteiger partial charge in [0.05, 0.1) is 10.5 Å². The summed E-state index contributed by atoms with van der Waals surface area (Å²) < 4.78 is 26.6. The van der Waals surface area contributed by atoms with Crippen LogP contribution in [-0.4, -0.2) is 29.5 Å². The monoisotopic (exact) mass is 327 g/mol. The van der Waals surface area contributed by atoms with Crippen LogP contribution in [0.15, 0.2) is 35.4 Å². The number of hydrogen-bond donors (Lipinski definition) is 2. The van der Waals surface area contributed by atoms with Crippen molar-refractivity contribution in [3.8, 4) is 0 Å². The fourth-order valence-electron chi connectivity index (χ4n) is 1.59. The van der Waals surface area contributed by atoms with E-state index in [1.807, 2.05) is 0 Å². The normalized spacial score (nSPS) is 11.1. The van der Waals surface area contributed by atoms with Crippen molar-refractivity contribution in [2.45, 2.75) is 11.8 Å². The van der Waals surface area contributed by atoms with Crippen LogP contribution in [0.3, 0.4) is 0 Å². The number of carboxylic acids is 1. The minimum Gasteiger partial charge on any atom is -0.478 e. The summed E-state index contributed by atoms with van der Waals surface area (Å²) >= 11 is 5.57. The third-order valence-corrected chi connectivity index (χ3v) is 4.15. The Balaban J connectivity index is 2.40. The van der Waals surface area contributed by atoms with Crippen LogP contribution in [0.2, 0.25) is 5.28 Å². The van der Waals surface area contributed by atoms with Crippen LogP contribution >= 0.6 is 11.6 Å². The highest BCUT2D eigenvalue weighted by Crippen LogP contribution is 2.18. The Hall–Kier alpha value is -2.19. The number of halogens is 1. The number of anilines is 1. The maximum absolute atomic E-state index is 12.2. The molecule has 2 rings (SSSR count). The van der Waals surface area contributed by atoms with Gasteiger partial charge in [0.2, 0.25) is 5.28 Å². The van der Waals surface area contributed by atoms with Gasteiger partial charge in [-0.25, -0.2) is 18.2 Å². The lowest BCUT2D eigenvalue weighted by Gasteiger charge is -2.09. The maximum atomic E-state index is 12.2. The number of aryl methyl sites for hydroxylation is 1. The van der Waals surface area contributed by atoms with E-state index in [2.05, 4.69) is 14.7 Å². The van der Waals surface area contributed by atoms with E-state index < -0.39 is 16.0 Å². The molecular formula is C12H10ClN3O4S. The van der Waals surface area contributed by atoms with Crippen LogP contribution in [0, 0.1) is 6.92 Å². The number of rotatable bonds is 4. The molecule has 0 bridgehead atoms. The Morgan fingerprint density at radius 3 is 2.67 bits per heavy atom. The Labute approximate surface area is 125 Å². The predicted molar refractivity (Wildman–Crippen MR) is 76.0 cm³/mol. The van der Waals surface area contributed by atoms with Gasteiger partial charge in [0.15, 0.2) is 0 Å². The fourth-order valence-corrected chi connectivity index (χ4v) is 2.76. The molecule has 0 fully saturated rings. The van der Waals surface area contributed by atoms with E-state index >= 15 is 0 Å². The van der Waals surface area contributed by atoms with Gasteiger partial charge in [-0.3, -0.25) is 4.72 Å². The molecule has 1 heterocycles. The third-order valence-electron chi connectivity index (χ3n) is 2.61. The van der Waals surface area contributed by atoms with Crippen molar-refractivity contribution in [1.29, 1.82) is 0 Å². The summed E-state index contributed by atoms with van der Waals surface area (Å²) in [6, 6.07) is 5.15. The van der Waals surface area contributed by atoms with Crippen molar-refractivity contribution in [1.82, 2.24) is 9.97 Å².